The number of hydrazine groups is 1. The third-order valence-corrected chi connectivity index (χ3v) is 3.78. The molecule has 1 aromatic rings. The van der Waals surface area contributed by atoms with Crippen LogP contribution in [0, 0.1) is 5.92 Å². The molecule has 0 aliphatic carbocycles. The predicted molar refractivity (Wildman–Crippen MR) is 67.8 cm³/mol. The topological polar surface area (TPSA) is 38.0 Å². The first-order valence-corrected chi connectivity index (χ1v) is 6.59. The Morgan fingerprint density at radius 1 is 1.40 bits per heavy atom. The molecule has 1 unspecified atom stereocenters. The van der Waals surface area contributed by atoms with Crippen LogP contribution in [0.3, 0.4) is 0 Å². The highest BCUT2D eigenvalue weighted by Crippen LogP contribution is 2.28. The second-order valence-corrected chi connectivity index (χ2v) is 5.30. The fraction of sp³-hybridized carbons (Fsp3) is 0.667. The first-order chi connectivity index (χ1) is 7.19. The maximum absolute atomic E-state index is 5.63. The lowest BCUT2D eigenvalue weighted by Gasteiger charge is -2.17. The molecule has 0 aliphatic heterocycles. The third kappa shape index (κ3) is 3.59. The summed E-state index contributed by atoms with van der Waals surface area (Å²) in [6, 6.07) is 2.54. The van der Waals surface area contributed by atoms with Gasteiger partial charge in [0.1, 0.15) is 0 Å². The number of hydrogen-bond acceptors (Lipinski definition) is 3. The van der Waals surface area contributed by atoms with Gasteiger partial charge in [0.2, 0.25) is 0 Å². The van der Waals surface area contributed by atoms with Crippen molar-refractivity contribution in [2.45, 2.75) is 46.1 Å². The minimum atomic E-state index is 0.336. The Morgan fingerprint density at radius 2 is 2.13 bits per heavy atom. The summed E-state index contributed by atoms with van der Waals surface area (Å²) in [5.41, 5.74) is 4.38. The highest BCUT2D eigenvalue weighted by Gasteiger charge is 2.14. The normalized spacial score (nSPS) is 13.4. The Morgan fingerprint density at radius 3 is 2.67 bits per heavy atom. The molecule has 0 fully saturated rings. The minimum Gasteiger partial charge on any atom is -0.271 e. The maximum atomic E-state index is 5.63. The largest absolute Gasteiger partial charge is 0.271 e. The molecule has 2 nitrogen and oxygen atoms in total. The van der Waals surface area contributed by atoms with E-state index < -0.39 is 0 Å². The molecule has 1 atom stereocenters. The lowest BCUT2D eigenvalue weighted by atomic mass is 10.0. The van der Waals surface area contributed by atoms with E-state index in [1.165, 1.54) is 16.9 Å². The average Bonchev–Trinajstić information content (AvgIpc) is 2.66. The van der Waals surface area contributed by atoms with E-state index in [0.717, 1.165) is 18.8 Å². The average molecular weight is 226 g/mol. The van der Waals surface area contributed by atoms with E-state index in [1.807, 2.05) is 11.3 Å². The van der Waals surface area contributed by atoms with Gasteiger partial charge in [0.25, 0.3) is 0 Å². The molecule has 3 heteroatoms. The van der Waals surface area contributed by atoms with Crippen molar-refractivity contribution in [3.63, 3.8) is 0 Å². The van der Waals surface area contributed by atoms with Crippen LogP contribution in [0.5, 0.6) is 0 Å². The molecule has 0 radical (unpaired) electrons. The quantitative estimate of drug-likeness (QED) is 0.577. The molecule has 0 saturated carbocycles. The summed E-state index contributed by atoms with van der Waals surface area (Å²) in [7, 11) is 0. The minimum absolute atomic E-state index is 0.336. The smallest absolute Gasteiger partial charge is 0.0556 e. The first-order valence-electron chi connectivity index (χ1n) is 5.71. The van der Waals surface area contributed by atoms with Gasteiger partial charge in [0.15, 0.2) is 0 Å². The third-order valence-electron chi connectivity index (χ3n) is 2.71. The number of aryl methyl sites for hydroxylation is 1. The Bertz CT molecular complexity index is 281. The molecule has 0 saturated heterocycles. The van der Waals surface area contributed by atoms with E-state index in [4.69, 9.17) is 5.84 Å². The van der Waals surface area contributed by atoms with Crippen LogP contribution in [-0.4, -0.2) is 0 Å². The van der Waals surface area contributed by atoms with Gasteiger partial charge in [-0.2, -0.15) is 0 Å². The Kier molecular flexibility index (Phi) is 5.29. The molecule has 15 heavy (non-hydrogen) atoms. The van der Waals surface area contributed by atoms with Crippen molar-refractivity contribution in [3.8, 4) is 0 Å². The van der Waals surface area contributed by atoms with Crippen LogP contribution in [0.2, 0.25) is 0 Å². The van der Waals surface area contributed by atoms with Crippen molar-refractivity contribution in [2.75, 3.05) is 0 Å². The number of nitrogens with two attached hydrogens (primary N) is 1. The molecular weight excluding hydrogens is 204 g/mol. The van der Waals surface area contributed by atoms with Gasteiger partial charge in [-0.25, -0.2) is 0 Å². The fourth-order valence-electron chi connectivity index (χ4n) is 1.74. The van der Waals surface area contributed by atoms with E-state index in [2.05, 4.69) is 37.6 Å². The second-order valence-electron chi connectivity index (χ2n) is 4.35. The van der Waals surface area contributed by atoms with Crippen molar-refractivity contribution in [1.82, 2.24) is 5.43 Å². The van der Waals surface area contributed by atoms with Crippen molar-refractivity contribution >= 4 is 11.3 Å². The fourth-order valence-corrected chi connectivity index (χ4v) is 2.83. The van der Waals surface area contributed by atoms with Crippen LogP contribution in [0.25, 0.3) is 0 Å². The van der Waals surface area contributed by atoms with Crippen LogP contribution in [0.1, 0.15) is 50.1 Å². The Balaban J connectivity index is 2.65. The summed E-state index contributed by atoms with van der Waals surface area (Å²) in [5.74, 6) is 6.37. The zero-order chi connectivity index (χ0) is 11.3. The van der Waals surface area contributed by atoms with Crippen LogP contribution in [0.15, 0.2) is 11.4 Å². The number of thiophene rings is 1. The zero-order valence-corrected chi connectivity index (χ0v) is 10.7. The summed E-state index contributed by atoms with van der Waals surface area (Å²) >= 11 is 1.82. The van der Waals surface area contributed by atoms with Crippen LogP contribution < -0.4 is 11.3 Å². The predicted octanol–water partition coefficient (Wildman–Crippen LogP) is 3.25. The van der Waals surface area contributed by atoms with Crippen molar-refractivity contribution in [3.05, 3.63) is 21.9 Å². The number of rotatable bonds is 6. The molecule has 0 bridgehead atoms. The van der Waals surface area contributed by atoms with Gasteiger partial charge < -0.3 is 0 Å². The summed E-state index contributed by atoms with van der Waals surface area (Å²) in [4.78, 5) is 1.42. The highest BCUT2D eigenvalue weighted by molar-refractivity contribution is 7.10. The van der Waals surface area contributed by atoms with E-state index in [9.17, 15) is 0 Å². The van der Waals surface area contributed by atoms with Crippen molar-refractivity contribution in [2.24, 2.45) is 11.8 Å². The van der Waals surface area contributed by atoms with E-state index in [1.54, 1.807) is 0 Å². The first kappa shape index (κ1) is 12.7. The lowest BCUT2D eigenvalue weighted by molar-refractivity contribution is 0.451. The van der Waals surface area contributed by atoms with Gasteiger partial charge in [-0.15, -0.1) is 11.3 Å². The van der Waals surface area contributed by atoms with E-state index in [-0.39, 0.29) is 0 Å². The van der Waals surface area contributed by atoms with Gasteiger partial charge in [-0.3, -0.25) is 11.3 Å². The highest BCUT2D eigenvalue weighted by atomic mass is 32.1. The van der Waals surface area contributed by atoms with E-state index >= 15 is 0 Å². The van der Waals surface area contributed by atoms with E-state index in [0.29, 0.717) is 6.04 Å². The molecule has 0 amide bonds. The summed E-state index contributed by atoms with van der Waals surface area (Å²) in [6.07, 6.45) is 3.44. The Labute approximate surface area is 96.9 Å². The molecule has 0 aliphatic rings. The van der Waals surface area contributed by atoms with Gasteiger partial charge in [-0.05, 0) is 42.2 Å². The van der Waals surface area contributed by atoms with Gasteiger partial charge >= 0.3 is 0 Å². The van der Waals surface area contributed by atoms with Crippen molar-refractivity contribution in [1.29, 1.82) is 0 Å². The molecule has 3 N–H and O–H groups in total. The molecular formula is C12H22N2S. The molecule has 1 heterocycles. The second kappa shape index (κ2) is 6.26. The number of hydrogen-bond donors (Lipinski definition) is 2. The molecule has 0 spiro atoms. The van der Waals surface area contributed by atoms with Gasteiger partial charge in [-0.1, -0.05) is 20.8 Å². The molecule has 1 aromatic heterocycles. The monoisotopic (exact) mass is 226 g/mol. The van der Waals surface area contributed by atoms with Crippen LogP contribution >= 0.6 is 11.3 Å². The number of nitrogens with one attached hydrogen (secondary N) is 1. The van der Waals surface area contributed by atoms with Crippen molar-refractivity contribution < 1.29 is 0 Å². The Hall–Kier alpha value is -0.380. The van der Waals surface area contributed by atoms with Gasteiger partial charge in [0, 0.05) is 4.88 Å². The maximum Gasteiger partial charge on any atom is 0.0556 e. The van der Waals surface area contributed by atoms with Crippen LogP contribution in [-0.2, 0) is 6.42 Å². The molecule has 86 valence electrons. The summed E-state index contributed by atoms with van der Waals surface area (Å²) < 4.78 is 0. The molecule has 0 aromatic carbocycles. The summed E-state index contributed by atoms with van der Waals surface area (Å²) in [6.45, 7) is 6.70. The summed E-state index contributed by atoms with van der Waals surface area (Å²) in [5, 5.41) is 2.16. The van der Waals surface area contributed by atoms with Gasteiger partial charge in [0.05, 0.1) is 6.04 Å². The lowest BCUT2D eigenvalue weighted by Crippen LogP contribution is -2.28. The van der Waals surface area contributed by atoms with Crippen LogP contribution in [0.4, 0.5) is 0 Å². The standard InChI is InChI=1S/C12H22N2S/c1-4-10-7-8-15-12(10)11(14-13)6-5-9(2)3/h7-9,11,14H,4-6,13H2,1-3H3. The molecule has 1 rings (SSSR count). The SMILES string of the molecule is CCc1ccsc1C(CCC(C)C)NN. The zero-order valence-electron chi connectivity index (χ0n) is 9.92.